The molecule has 2 atom stereocenters. The predicted molar refractivity (Wildman–Crippen MR) is 72.1 cm³/mol. The van der Waals surface area contributed by atoms with Gasteiger partial charge in [-0.3, -0.25) is 4.79 Å². The molecular formula is C13H17BrN2O. The lowest BCUT2D eigenvalue weighted by molar-refractivity contribution is 0.0603. The number of nitrogens with one attached hydrogen (secondary N) is 1. The summed E-state index contributed by atoms with van der Waals surface area (Å²) in [7, 11) is 0. The van der Waals surface area contributed by atoms with E-state index in [0.717, 1.165) is 23.1 Å². The van der Waals surface area contributed by atoms with E-state index in [1.54, 1.807) is 0 Å². The molecule has 1 aliphatic heterocycles. The normalized spacial score (nSPS) is 24.8. The zero-order valence-corrected chi connectivity index (χ0v) is 11.7. The Bertz CT molecular complexity index is 404. The zero-order chi connectivity index (χ0) is 12.4. The van der Waals surface area contributed by atoms with Gasteiger partial charge in [0.05, 0.1) is 0 Å². The summed E-state index contributed by atoms with van der Waals surface area (Å²) < 4.78 is 0.996. The summed E-state index contributed by atoms with van der Waals surface area (Å²) in [4.78, 5) is 14.3. The lowest BCUT2D eigenvalue weighted by Crippen LogP contribution is -2.57. The topological polar surface area (TPSA) is 32.3 Å². The van der Waals surface area contributed by atoms with Crippen molar-refractivity contribution in [2.24, 2.45) is 0 Å². The number of rotatable bonds is 1. The highest BCUT2D eigenvalue weighted by molar-refractivity contribution is 9.10. The Kier molecular flexibility index (Phi) is 3.84. The van der Waals surface area contributed by atoms with Crippen LogP contribution < -0.4 is 5.32 Å². The molecule has 1 aromatic carbocycles. The van der Waals surface area contributed by atoms with Crippen LogP contribution in [-0.4, -0.2) is 36.0 Å². The number of hydrogen-bond acceptors (Lipinski definition) is 2. The molecule has 0 bridgehead atoms. The van der Waals surface area contributed by atoms with Gasteiger partial charge in [0.15, 0.2) is 0 Å². The van der Waals surface area contributed by atoms with Crippen LogP contribution in [0.1, 0.15) is 24.2 Å². The molecule has 1 saturated heterocycles. The number of amides is 1. The molecule has 4 heteroatoms. The number of piperazine rings is 1. The zero-order valence-electron chi connectivity index (χ0n) is 10.1. The van der Waals surface area contributed by atoms with Crippen LogP contribution >= 0.6 is 15.9 Å². The second kappa shape index (κ2) is 5.19. The maximum Gasteiger partial charge on any atom is 0.254 e. The van der Waals surface area contributed by atoms with Crippen LogP contribution in [0.25, 0.3) is 0 Å². The van der Waals surface area contributed by atoms with Gasteiger partial charge in [-0.25, -0.2) is 0 Å². The molecule has 2 rings (SSSR count). The number of carbonyl (C=O) groups excluding carboxylic acids is 1. The molecule has 1 fully saturated rings. The van der Waals surface area contributed by atoms with Crippen molar-refractivity contribution < 1.29 is 4.79 Å². The first-order valence-electron chi connectivity index (χ1n) is 5.89. The third-order valence-electron chi connectivity index (χ3n) is 3.39. The number of nitrogens with zero attached hydrogens (tertiary/aromatic N) is 1. The minimum absolute atomic E-state index is 0.123. The van der Waals surface area contributed by atoms with Crippen molar-refractivity contribution in [3.05, 3.63) is 34.3 Å². The number of carbonyl (C=O) groups is 1. The van der Waals surface area contributed by atoms with E-state index in [2.05, 4.69) is 35.1 Å². The molecule has 3 nitrogen and oxygen atoms in total. The van der Waals surface area contributed by atoms with Gasteiger partial charge in [-0.1, -0.05) is 15.9 Å². The molecular weight excluding hydrogens is 280 g/mol. The Morgan fingerprint density at radius 3 is 2.65 bits per heavy atom. The summed E-state index contributed by atoms with van der Waals surface area (Å²) in [5.74, 6) is 0.123. The van der Waals surface area contributed by atoms with Gasteiger partial charge in [0.1, 0.15) is 0 Å². The summed E-state index contributed by atoms with van der Waals surface area (Å²) in [6, 6.07) is 8.13. The lowest BCUT2D eigenvalue weighted by Gasteiger charge is -2.38. The molecule has 1 N–H and O–H groups in total. The highest BCUT2D eigenvalue weighted by Gasteiger charge is 2.28. The van der Waals surface area contributed by atoms with Crippen molar-refractivity contribution in [1.29, 1.82) is 0 Å². The van der Waals surface area contributed by atoms with Crippen molar-refractivity contribution >= 4 is 21.8 Å². The van der Waals surface area contributed by atoms with E-state index in [9.17, 15) is 4.79 Å². The molecule has 0 aliphatic carbocycles. The summed E-state index contributed by atoms with van der Waals surface area (Å²) >= 11 is 3.38. The van der Waals surface area contributed by atoms with Gasteiger partial charge in [-0.2, -0.15) is 0 Å². The Hall–Kier alpha value is -0.870. The summed E-state index contributed by atoms with van der Waals surface area (Å²) in [5, 5.41) is 3.38. The second-order valence-corrected chi connectivity index (χ2v) is 5.40. The fourth-order valence-corrected chi connectivity index (χ4v) is 2.37. The minimum Gasteiger partial charge on any atom is -0.333 e. The van der Waals surface area contributed by atoms with E-state index in [-0.39, 0.29) is 11.9 Å². The third-order valence-corrected chi connectivity index (χ3v) is 3.91. The van der Waals surface area contributed by atoms with Gasteiger partial charge >= 0.3 is 0 Å². The highest BCUT2D eigenvalue weighted by Crippen LogP contribution is 2.16. The lowest BCUT2D eigenvalue weighted by atomic mass is 10.1. The molecule has 17 heavy (non-hydrogen) atoms. The smallest absolute Gasteiger partial charge is 0.254 e. The SMILES string of the molecule is CC1NCCN(C(=O)c2ccc(Br)cc2)C1C. The Balaban J connectivity index is 2.16. The first kappa shape index (κ1) is 12.6. The first-order chi connectivity index (χ1) is 8.09. The molecule has 1 amide bonds. The molecule has 0 radical (unpaired) electrons. The number of benzene rings is 1. The van der Waals surface area contributed by atoms with Gasteiger partial charge in [0.2, 0.25) is 0 Å². The van der Waals surface area contributed by atoms with Crippen LogP contribution in [0.4, 0.5) is 0 Å². The molecule has 2 unspecified atom stereocenters. The largest absolute Gasteiger partial charge is 0.333 e. The average Bonchev–Trinajstić information content (AvgIpc) is 2.33. The van der Waals surface area contributed by atoms with Gasteiger partial charge < -0.3 is 10.2 Å². The van der Waals surface area contributed by atoms with Crippen molar-refractivity contribution in [1.82, 2.24) is 10.2 Å². The van der Waals surface area contributed by atoms with E-state index >= 15 is 0 Å². The molecule has 1 aromatic rings. The van der Waals surface area contributed by atoms with Crippen LogP contribution in [0.15, 0.2) is 28.7 Å². The van der Waals surface area contributed by atoms with Gasteiger partial charge in [-0.05, 0) is 38.1 Å². The summed E-state index contributed by atoms with van der Waals surface area (Å²) in [6.45, 7) is 5.85. The van der Waals surface area contributed by atoms with Crippen molar-refractivity contribution in [2.45, 2.75) is 25.9 Å². The van der Waals surface area contributed by atoms with Crippen molar-refractivity contribution in [2.75, 3.05) is 13.1 Å². The van der Waals surface area contributed by atoms with Crippen LogP contribution in [0.2, 0.25) is 0 Å². The maximum absolute atomic E-state index is 12.3. The summed E-state index contributed by atoms with van der Waals surface area (Å²) in [5.41, 5.74) is 0.758. The quantitative estimate of drug-likeness (QED) is 0.862. The average molecular weight is 297 g/mol. The monoisotopic (exact) mass is 296 g/mol. The third kappa shape index (κ3) is 2.69. The molecule has 0 spiro atoms. The molecule has 0 aromatic heterocycles. The number of halogens is 1. The Labute approximate surface area is 110 Å². The predicted octanol–water partition coefficient (Wildman–Crippen LogP) is 2.27. The highest BCUT2D eigenvalue weighted by atomic mass is 79.9. The van der Waals surface area contributed by atoms with Crippen molar-refractivity contribution in [3.63, 3.8) is 0 Å². The fourth-order valence-electron chi connectivity index (χ4n) is 2.10. The fraction of sp³-hybridized carbons (Fsp3) is 0.462. The standard InChI is InChI=1S/C13H17BrN2O/c1-9-10(2)16(8-7-15-9)13(17)11-3-5-12(14)6-4-11/h3-6,9-10,15H,7-8H2,1-2H3. The van der Waals surface area contributed by atoms with Crippen LogP contribution in [0, 0.1) is 0 Å². The molecule has 1 aliphatic rings. The molecule has 1 heterocycles. The van der Waals surface area contributed by atoms with Crippen LogP contribution in [0.3, 0.4) is 0 Å². The first-order valence-corrected chi connectivity index (χ1v) is 6.69. The number of hydrogen-bond donors (Lipinski definition) is 1. The van der Waals surface area contributed by atoms with E-state index in [0.29, 0.717) is 6.04 Å². The van der Waals surface area contributed by atoms with Gasteiger partial charge in [0.25, 0.3) is 5.91 Å². The van der Waals surface area contributed by atoms with Crippen LogP contribution in [-0.2, 0) is 0 Å². The summed E-state index contributed by atoms with van der Waals surface area (Å²) in [6.07, 6.45) is 0. The molecule has 92 valence electrons. The van der Waals surface area contributed by atoms with E-state index in [1.807, 2.05) is 29.2 Å². The Morgan fingerprint density at radius 2 is 2.00 bits per heavy atom. The van der Waals surface area contributed by atoms with E-state index < -0.39 is 0 Å². The van der Waals surface area contributed by atoms with E-state index in [4.69, 9.17) is 0 Å². The van der Waals surface area contributed by atoms with E-state index in [1.165, 1.54) is 0 Å². The van der Waals surface area contributed by atoms with Crippen molar-refractivity contribution in [3.8, 4) is 0 Å². The Morgan fingerprint density at radius 1 is 1.35 bits per heavy atom. The maximum atomic E-state index is 12.3. The minimum atomic E-state index is 0.123. The second-order valence-electron chi connectivity index (χ2n) is 4.49. The molecule has 0 saturated carbocycles. The van der Waals surface area contributed by atoms with Gasteiger partial charge in [-0.15, -0.1) is 0 Å². The van der Waals surface area contributed by atoms with Crippen LogP contribution in [0.5, 0.6) is 0 Å². The van der Waals surface area contributed by atoms with Gasteiger partial charge in [0, 0.05) is 35.2 Å².